The van der Waals surface area contributed by atoms with Crippen LogP contribution in [0.4, 0.5) is 10.1 Å². The third kappa shape index (κ3) is 5.44. The smallest absolute Gasteiger partial charge is 0.251 e. The van der Waals surface area contributed by atoms with Crippen molar-refractivity contribution in [2.45, 2.75) is 32.9 Å². The first-order valence-electron chi connectivity index (χ1n) is 12.8. The molecule has 1 heterocycles. The number of benzene rings is 4. The largest absolute Gasteiger partial charge is 0.367 e. The predicted octanol–water partition coefficient (Wildman–Crippen LogP) is 5.78. The van der Waals surface area contributed by atoms with E-state index >= 15 is 0 Å². The summed E-state index contributed by atoms with van der Waals surface area (Å²) >= 11 is 0. The van der Waals surface area contributed by atoms with Crippen LogP contribution in [0.25, 0.3) is 11.1 Å². The van der Waals surface area contributed by atoms with Crippen molar-refractivity contribution >= 4 is 17.5 Å². The van der Waals surface area contributed by atoms with E-state index in [0.717, 1.165) is 59.4 Å². The molecule has 6 heteroatoms. The number of nitrogens with zero attached hydrogens (tertiary/aromatic N) is 1. The van der Waals surface area contributed by atoms with Crippen molar-refractivity contribution in [2.75, 3.05) is 11.4 Å². The minimum Gasteiger partial charge on any atom is -0.367 e. The number of hydrogen-bond donors (Lipinski definition) is 2. The van der Waals surface area contributed by atoms with Gasteiger partial charge in [0.25, 0.3) is 5.91 Å². The van der Waals surface area contributed by atoms with E-state index in [-0.39, 0.29) is 18.3 Å². The highest BCUT2D eigenvalue weighted by Gasteiger charge is 2.19. The number of carbonyl (C=O) groups is 2. The maximum absolute atomic E-state index is 13.8. The Morgan fingerprint density at radius 1 is 0.947 bits per heavy atom. The van der Waals surface area contributed by atoms with Crippen LogP contribution in [0.2, 0.25) is 0 Å². The van der Waals surface area contributed by atoms with Crippen LogP contribution in [0.15, 0.2) is 84.9 Å². The zero-order chi connectivity index (χ0) is 26.6. The van der Waals surface area contributed by atoms with Crippen LogP contribution in [-0.4, -0.2) is 18.4 Å². The van der Waals surface area contributed by atoms with E-state index in [1.54, 1.807) is 19.1 Å². The molecule has 0 bridgehead atoms. The number of rotatable bonds is 7. The molecule has 192 valence electrons. The van der Waals surface area contributed by atoms with E-state index < -0.39 is 5.91 Å². The molecule has 0 fully saturated rings. The van der Waals surface area contributed by atoms with Crippen LogP contribution in [-0.2, 0) is 19.5 Å². The number of nitrogens with two attached hydrogens (primary N) is 1. The molecule has 1 aliphatic heterocycles. The van der Waals surface area contributed by atoms with Crippen molar-refractivity contribution in [3.05, 3.63) is 124 Å². The van der Waals surface area contributed by atoms with Gasteiger partial charge in [0.15, 0.2) is 0 Å². The highest BCUT2D eigenvalue weighted by molar-refractivity contribution is 5.99. The van der Waals surface area contributed by atoms with Gasteiger partial charge in [-0.15, -0.1) is 0 Å². The molecule has 0 aliphatic carbocycles. The molecule has 0 spiro atoms. The monoisotopic (exact) mass is 507 g/mol. The van der Waals surface area contributed by atoms with E-state index in [2.05, 4.69) is 22.3 Å². The molecule has 3 N–H and O–H groups in total. The molecule has 0 radical (unpaired) electrons. The average Bonchev–Trinajstić information content (AvgIpc) is 2.94. The number of hydrogen-bond acceptors (Lipinski definition) is 3. The Balaban J connectivity index is 1.27. The van der Waals surface area contributed by atoms with Gasteiger partial charge in [0.1, 0.15) is 5.82 Å². The van der Waals surface area contributed by atoms with Crippen molar-refractivity contribution in [2.24, 2.45) is 5.73 Å². The summed E-state index contributed by atoms with van der Waals surface area (Å²) < 4.78 is 13.8. The summed E-state index contributed by atoms with van der Waals surface area (Å²) in [5, 5.41) is 2.90. The third-order valence-electron chi connectivity index (χ3n) is 7.08. The molecule has 0 saturated carbocycles. The molecule has 38 heavy (non-hydrogen) atoms. The van der Waals surface area contributed by atoms with Gasteiger partial charge in [-0.05, 0) is 83.5 Å². The van der Waals surface area contributed by atoms with Crippen molar-refractivity contribution in [3.8, 4) is 11.1 Å². The van der Waals surface area contributed by atoms with Crippen LogP contribution in [0.3, 0.4) is 0 Å². The summed E-state index contributed by atoms with van der Waals surface area (Å²) in [6, 6.07) is 26.4. The maximum atomic E-state index is 13.8. The van der Waals surface area contributed by atoms with E-state index in [4.69, 9.17) is 5.73 Å². The number of fused-ring (bicyclic) bond motifs is 1. The fourth-order valence-corrected chi connectivity index (χ4v) is 4.97. The molecule has 0 atom stereocenters. The van der Waals surface area contributed by atoms with Crippen LogP contribution >= 0.6 is 0 Å². The molecule has 5 rings (SSSR count). The molecule has 0 aromatic heterocycles. The topological polar surface area (TPSA) is 75.4 Å². The lowest BCUT2D eigenvalue weighted by atomic mass is 9.97. The number of nitrogens with one attached hydrogen (secondary N) is 1. The number of primary amides is 1. The maximum Gasteiger partial charge on any atom is 0.251 e. The summed E-state index contributed by atoms with van der Waals surface area (Å²) in [7, 11) is 0. The minimum absolute atomic E-state index is 0.169. The van der Waals surface area contributed by atoms with Crippen molar-refractivity contribution < 1.29 is 14.0 Å². The van der Waals surface area contributed by atoms with Gasteiger partial charge in [0, 0.05) is 36.4 Å². The number of carbonyl (C=O) groups excluding carboxylic acids is 2. The predicted molar refractivity (Wildman–Crippen MR) is 149 cm³/mol. The Morgan fingerprint density at radius 3 is 2.47 bits per heavy atom. The zero-order valence-electron chi connectivity index (χ0n) is 21.3. The zero-order valence-corrected chi connectivity index (χ0v) is 21.3. The Labute approximate surface area is 222 Å². The Bertz CT molecular complexity index is 1500. The lowest BCUT2D eigenvalue weighted by Gasteiger charge is -2.32. The number of halogens is 1. The molecule has 4 aromatic carbocycles. The van der Waals surface area contributed by atoms with Gasteiger partial charge >= 0.3 is 0 Å². The third-order valence-corrected chi connectivity index (χ3v) is 7.08. The van der Waals surface area contributed by atoms with Crippen LogP contribution in [0.5, 0.6) is 0 Å². The molecular weight excluding hydrogens is 477 g/mol. The summed E-state index contributed by atoms with van der Waals surface area (Å²) in [6.45, 7) is 3.67. The van der Waals surface area contributed by atoms with Gasteiger partial charge in [-0.25, -0.2) is 4.39 Å². The number of anilines is 1. The summed E-state index contributed by atoms with van der Waals surface area (Å²) in [5.74, 6) is -0.875. The fourth-order valence-electron chi connectivity index (χ4n) is 4.97. The first-order chi connectivity index (χ1) is 18.4. The molecule has 1 aliphatic rings. The first kappa shape index (κ1) is 25.2. The second-order valence-electron chi connectivity index (χ2n) is 9.74. The SMILES string of the molecule is Cc1ccc(CNC(=O)c2ccc3c(c2)CCCN3Cc2ccc(-c3ccccc3C(N)=O)cc2)cc1F. The molecule has 0 saturated heterocycles. The second-order valence-corrected chi connectivity index (χ2v) is 9.74. The lowest BCUT2D eigenvalue weighted by Crippen LogP contribution is -2.29. The summed E-state index contributed by atoms with van der Waals surface area (Å²) in [6.07, 6.45) is 1.92. The molecule has 5 nitrogen and oxygen atoms in total. The normalized spacial score (nSPS) is 12.6. The van der Waals surface area contributed by atoms with E-state index in [1.165, 1.54) is 6.07 Å². The van der Waals surface area contributed by atoms with Gasteiger partial charge in [-0.3, -0.25) is 9.59 Å². The second kappa shape index (κ2) is 10.9. The van der Waals surface area contributed by atoms with Gasteiger partial charge < -0.3 is 16.0 Å². The van der Waals surface area contributed by atoms with Gasteiger partial charge in [-0.2, -0.15) is 0 Å². The van der Waals surface area contributed by atoms with Gasteiger partial charge in [0.05, 0.1) is 0 Å². The highest BCUT2D eigenvalue weighted by Crippen LogP contribution is 2.30. The van der Waals surface area contributed by atoms with Gasteiger partial charge in [-0.1, -0.05) is 54.6 Å². The lowest BCUT2D eigenvalue weighted by molar-refractivity contribution is 0.0949. The summed E-state index contributed by atoms with van der Waals surface area (Å²) in [5.41, 5.74) is 13.2. The molecular formula is C32H30FN3O2. The Hall–Kier alpha value is -4.45. The average molecular weight is 508 g/mol. The fraction of sp³-hybridized carbons (Fsp3) is 0.188. The minimum atomic E-state index is -0.438. The van der Waals surface area contributed by atoms with Crippen LogP contribution in [0, 0.1) is 12.7 Å². The van der Waals surface area contributed by atoms with Crippen LogP contribution < -0.4 is 16.0 Å². The number of aryl methyl sites for hydroxylation is 2. The number of amides is 2. The Kier molecular flexibility index (Phi) is 7.22. The van der Waals surface area contributed by atoms with E-state index in [9.17, 15) is 14.0 Å². The van der Waals surface area contributed by atoms with Crippen LogP contribution in [0.1, 0.15) is 49.4 Å². The molecule has 0 unspecified atom stereocenters. The first-order valence-corrected chi connectivity index (χ1v) is 12.8. The van der Waals surface area contributed by atoms with E-state index in [1.807, 2.05) is 54.6 Å². The highest BCUT2D eigenvalue weighted by atomic mass is 19.1. The molecule has 4 aromatic rings. The standard InChI is InChI=1S/C32H30FN3O2/c1-21-8-9-23(17-29(21)33)19-35-32(38)26-14-15-30-25(18-26)5-4-16-36(30)20-22-10-12-24(13-11-22)27-6-2-3-7-28(27)31(34)37/h2-3,6-15,17-18H,4-5,16,19-20H2,1H3,(H2,34,37)(H,35,38). The van der Waals surface area contributed by atoms with Crippen molar-refractivity contribution in [1.82, 2.24) is 5.32 Å². The summed E-state index contributed by atoms with van der Waals surface area (Å²) in [4.78, 5) is 26.9. The molecule has 2 amide bonds. The van der Waals surface area contributed by atoms with Crippen molar-refractivity contribution in [3.63, 3.8) is 0 Å². The Morgan fingerprint density at radius 2 is 1.71 bits per heavy atom. The van der Waals surface area contributed by atoms with E-state index in [0.29, 0.717) is 16.7 Å². The van der Waals surface area contributed by atoms with Crippen molar-refractivity contribution in [1.29, 1.82) is 0 Å². The quantitative estimate of drug-likeness (QED) is 0.333. The van der Waals surface area contributed by atoms with Gasteiger partial charge in [0.2, 0.25) is 5.91 Å².